The minimum absolute atomic E-state index is 0.138. The minimum atomic E-state index is -4.60. The predicted octanol–water partition coefficient (Wildman–Crippen LogP) is 4.12. The van der Waals surface area contributed by atoms with Gasteiger partial charge in [-0.3, -0.25) is 4.90 Å². The third kappa shape index (κ3) is 4.57. The van der Waals surface area contributed by atoms with Gasteiger partial charge in [0.25, 0.3) is 0 Å². The Morgan fingerprint density at radius 3 is 2.73 bits per heavy atom. The first-order chi connectivity index (χ1) is 12.5. The monoisotopic (exact) mass is 399 g/mol. The van der Waals surface area contributed by atoms with Gasteiger partial charge in [-0.15, -0.1) is 23.1 Å². The van der Waals surface area contributed by atoms with Gasteiger partial charge in [-0.25, -0.2) is 4.98 Å². The smallest absolute Gasteiger partial charge is 0.379 e. The van der Waals surface area contributed by atoms with Crippen LogP contribution in [0.5, 0.6) is 0 Å². The third-order valence-electron chi connectivity index (χ3n) is 3.93. The van der Waals surface area contributed by atoms with Gasteiger partial charge < -0.3 is 4.74 Å². The lowest BCUT2D eigenvalue weighted by molar-refractivity contribution is -0.138. The molecule has 26 heavy (non-hydrogen) atoms. The van der Waals surface area contributed by atoms with Crippen LogP contribution in [-0.4, -0.2) is 48.5 Å². The number of hydrogen-bond donors (Lipinski definition) is 0. The van der Waals surface area contributed by atoms with Gasteiger partial charge in [0.05, 0.1) is 34.9 Å². The van der Waals surface area contributed by atoms with Gasteiger partial charge >= 0.3 is 6.18 Å². The molecule has 0 saturated carbocycles. The Hall–Kier alpha value is -1.60. The lowest BCUT2D eigenvalue weighted by Gasteiger charge is -2.26. The Labute approximate surface area is 157 Å². The summed E-state index contributed by atoms with van der Waals surface area (Å²) in [5.74, 6) is 0.562. The molecule has 1 fully saturated rings. The molecule has 2 aromatic heterocycles. The second-order valence-corrected chi connectivity index (χ2v) is 7.66. The molecule has 138 valence electrons. The van der Waals surface area contributed by atoms with E-state index >= 15 is 0 Å². The topological polar surface area (TPSA) is 49.2 Å². The quantitative estimate of drug-likeness (QED) is 0.708. The van der Waals surface area contributed by atoms with E-state index in [0.29, 0.717) is 30.4 Å². The molecule has 1 aliphatic rings. The van der Waals surface area contributed by atoms with Crippen molar-refractivity contribution in [1.82, 2.24) is 9.88 Å². The van der Waals surface area contributed by atoms with E-state index in [9.17, 15) is 18.4 Å². The highest BCUT2D eigenvalue weighted by molar-refractivity contribution is 7.99. The third-order valence-corrected chi connectivity index (χ3v) is 5.78. The van der Waals surface area contributed by atoms with Gasteiger partial charge in [-0.2, -0.15) is 18.4 Å². The van der Waals surface area contributed by atoms with Gasteiger partial charge in [0.15, 0.2) is 0 Å². The number of thiophene rings is 1. The van der Waals surface area contributed by atoms with Gasteiger partial charge in [0, 0.05) is 25.4 Å². The molecule has 4 nitrogen and oxygen atoms in total. The number of alkyl halides is 3. The molecule has 0 N–H and O–H groups in total. The highest BCUT2D eigenvalue weighted by Gasteiger charge is 2.36. The molecule has 3 heterocycles. The van der Waals surface area contributed by atoms with Crippen molar-refractivity contribution in [2.45, 2.75) is 11.2 Å². The van der Waals surface area contributed by atoms with Crippen molar-refractivity contribution in [2.24, 2.45) is 0 Å². The largest absolute Gasteiger partial charge is 0.417 e. The fraction of sp³-hybridized carbons (Fsp3) is 0.412. The summed E-state index contributed by atoms with van der Waals surface area (Å²) >= 11 is 2.52. The van der Waals surface area contributed by atoms with Gasteiger partial charge in [0.1, 0.15) is 11.1 Å². The fourth-order valence-corrected chi connectivity index (χ4v) is 4.30. The predicted molar refractivity (Wildman–Crippen MR) is 95.3 cm³/mol. The van der Waals surface area contributed by atoms with E-state index in [1.807, 2.05) is 0 Å². The van der Waals surface area contributed by atoms with Crippen LogP contribution in [0.4, 0.5) is 13.2 Å². The van der Waals surface area contributed by atoms with Gasteiger partial charge in [-0.05, 0) is 17.5 Å². The first-order valence-electron chi connectivity index (χ1n) is 7.98. The van der Waals surface area contributed by atoms with E-state index in [-0.39, 0.29) is 10.7 Å². The van der Waals surface area contributed by atoms with Crippen molar-refractivity contribution in [3.05, 3.63) is 34.7 Å². The maximum Gasteiger partial charge on any atom is 0.417 e. The molecular formula is C17H16F3N3OS2. The molecule has 0 unspecified atom stereocenters. The Morgan fingerprint density at radius 2 is 2.12 bits per heavy atom. The van der Waals surface area contributed by atoms with Crippen molar-refractivity contribution < 1.29 is 17.9 Å². The molecule has 0 bridgehead atoms. The summed E-state index contributed by atoms with van der Waals surface area (Å²) in [6, 6.07) is 6.15. The SMILES string of the molecule is N#Cc1c(C(F)(F)F)cc(-c2cccs2)nc1SCCN1CCOCC1. The maximum absolute atomic E-state index is 13.4. The number of nitriles is 1. The maximum atomic E-state index is 13.4. The van der Waals surface area contributed by atoms with E-state index in [2.05, 4.69) is 9.88 Å². The summed E-state index contributed by atoms with van der Waals surface area (Å²) in [5, 5.41) is 11.2. The molecule has 0 aromatic carbocycles. The summed E-state index contributed by atoms with van der Waals surface area (Å²) in [5.41, 5.74) is -1.07. The second-order valence-electron chi connectivity index (χ2n) is 5.62. The first-order valence-corrected chi connectivity index (χ1v) is 9.84. The van der Waals surface area contributed by atoms with Gasteiger partial charge in [0.2, 0.25) is 0 Å². The summed E-state index contributed by atoms with van der Waals surface area (Å²) in [6.45, 7) is 3.66. The number of thioether (sulfide) groups is 1. The van der Waals surface area contributed by atoms with Crippen LogP contribution in [-0.2, 0) is 10.9 Å². The lowest BCUT2D eigenvalue weighted by atomic mass is 10.1. The zero-order valence-electron chi connectivity index (χ0n) is 13.8. The zero-order valence-corrected chi connectivity index (χ0v) is 15.4. The van der Waals surface area contributed by atoms with Crippen molar-refractivity contribution in [1.29, 1.82) is 5.26 Å². The van der Waals surface area contributed by atoms with E-state index in [4.69, 9.17) is 4.74 Å². The molecular weight excluding hydrogens is 383 g/mol. The molecule has 2 aromatic rings. The van der Waals surface area contributed by atoms with Gasteiger partial charge in [-0.1, -0.05) is 6.07 Å². The van der Waals surface area contributed by atoms with E-state index in [1.165, 1.54) is 23.1 Å². The number of aromatic nitrogens is 1. The number of halogens is 3. The second kappa shape index (κ2) is 8.39. The highest BCUT2D eigenvalue weighted by atomic mass is 32.2. The Balaban J connectivity index is 1.86. The molecule has 0 atom stereocenters. The summed E-state index contributed by atoms with van der Waals surface area (Å²) in [6.07, 6.45) is -4.60. The van der Waals surface area contributed by atoms with Crippen molar-refractivity contribution in [3.8, 4) is 16.6 Å². The van der Waals surface area contributed by atoms with Crippen LogP contribution in [0, 0.1) is 11.3 Å². The molecule has 1 aliphatic heterocycles. The van der Waals surface area contributed by atoms with E-state index in [0.717, 1.165) is 19.2 Å². The van der Waals surface area contributed by atoms with Crippen molar-refractivity contribution >= 4 is 23.1 Å². The minimum Gasteiger partial charge on any atom is -0.379 e. The Bertz CT molecular complexity index is 782. The van der Waals surface area contributed by atoms with E-state index in [1.54, 1.807) is 23.6 Å². The standard InChI is InChI=1S/C17H16F3N3OS2/c18-17(19,20)13-10-14(15-2-1-8-25-15)22-16(12(13)11-21)26-9-5-23-3-6-24-7-4-23/h1-2,8,10H,3-7,9H2. The van der Waals surface area contributed by atoms with Crippen LogP contribution in [0.1, 0.15) is 11.1 Å². The number of morpholine rings is 1. The summed E-state index contributed by atoms with van der Waals surface area (Å²) in [4.78, 5) is 7.19. The highest BCUT2D eigenvalue weighted by Crippen LogP contribution is 2.38. The van der Waals surface area contributed by atoms with Crippen LogP contribution in [0.15, 0.2) is 28.6 Å². The molecule has 3 rings (SSSR count). The lowest BCUT2D eigenvalue weighted by Crippen LogP contribution is -2.37. The number of nitrogens with zero attached hydrogens (tertiary/aromatic N) is 3. The van der Waals surface area contributed by atoms with Crippen LogP contribution in [0.25, 0.3) is 10.6 Å². The molecule has 1 saturated heterocycles. The van der Waals surface area contributed by atoms with Crippen LogP contribution >= 0.6 is 23.1 Å². The molecule has 0 radical (unpaired) electrons. The molecule has 0 aliphatic carbocycles. The van der Waals surface area contributed by atoms with Crippen molar-refractivity contribution in [2.75, 3.05) is 38.6 Å². The fourth-order valence-electron chi connectivity index (χ4n) is 2.60. The number of pyridine rings is 1. The van der Waals surface area contributed by atoms with Crippen LogP contribution in [0.2, 0.25) is 0 Å². The zero-order chi connectivity index (χ0) is 18.6. The number of hydrogen-bond acceptors (Lipinski definition) is 6. The van der Waals surface area contributed by atoms with Crippen LogP contribution < -0.4 is 0 Å². The Morgan fingerprint density at radius 1 is 1.35 bits per heavy atom. The van der Waals surface area contributed by atoms with E-state index < -0.39 is 17.3 Å². The summed E-state index contributed by atoms with van der Waals surface area (Å²) in [7, 11) is 0. The van der Waals surface area contributed by atoms with Crippen molar-refractivity contribution in [3.63, 3.8) is 0 Å². The number of ether oxygens (including phenoxy) is 1. The first kappa shape index (κ1) is 19.2. The normalized spacial score (nSPS) is 15.8. The Kier molecular flexibility index (Phi) is 6.19. The average Bonchev–Trinajstić information content (AvgIpc) is 3.16. The molecule has 0 amide bonds. The average molecular weight is 399 g/mol. The molecule has 9 heteroatoms. The number of rotatable bonds is 5. The van der Waals surface area contributed by atoms with Crippen LogP contribution in [0.3, 0.4) is 0 Å². The summed E-state index contributed by atoms with van der Waals surface area (Å²) < 4.78 is 45.6. The molecule has 0 spiro atoms.